The normalized spacial score (nSPS) is 26.6. The smallest absolute Gasteiger partial charge is 0.229 e. The predicted molar refractivity (Wildman–Crippen MR) is 41.7 cm³/mol. The molecule has 10 heavy (non-hydrogen) atoms. The van der Waals surface area contributed by atoms with Crippen molar-refractivity contribution in [2.24, 2.45) is 0 Å². The van der Waals surface area contributed by atoms with E-state index in [4.69, 9.17) is 6.57 Å². The summed E-state index contributed by atoms with van der Waals surface area (Å²) in [5.74, 6) is 0. The van der Waals surface area contributed by atoms with Crippen LogP contribution in [0.25, 0.3) is 4.85 Å². The van der Waals surface area contributed by atoms with Crippen molar-refractivity contribution < 1.29 is 0 Å². The van der Waals surface area contributed by atoms with Crippen LogP contribution in [0.5, 0.6) is 0 Å². The summed E-state index contributed by atoms with van der Waals surface area (Å²) in [6, 6.07) is 0.572. The van der Waals surface area contributed by atoms with Gasteiger partial charge in [0.2, 0.25) is 6.54 Å². The highest BCUT2D eigenvalue weighted by atomic mass is 15.2. The highest BCUT2D eigenvalue weighted by Crippen LogP contribution is 2.16. The van der Waals surface area contributed by atoms with Crippen LogP contribution in [0.1, 0.15) is 19.8 Å². The van der Waals surface area contributed by atoms with Gasteiger partial charge in [0.15, 0.2) is 0 Å². The Hall–Kier alpha value is -0.550. The summed E-state index contributed by atoms with van der Waals surface area (Å²) in [5.41, 5.74) is 0. The highest BCUT2D eigenvalue weighted by molar-refractivity contribution is 4.83. The lowest BCUT2D eigenvalue weighted by Gasteiger charge is -2.17. The first-order chi connectivity index (χ1) is 4.88. The van der Waals surface area contributed by atoms with E-state index in [0.29, 0.717) is 12.6 Å². The fourth-order valence-corrected chi connectivity index (χ4v) is 1.62. The monoisotopic (exact) mass is 138 g/mol. The minimum absolute atomic E-state index is 0.572. The quantitative estimate of drug-likeness (QED) is 0.523. The molecule has 1 aliphatic heterocycles. The van der Waals surface area contributed by atoms with Crippen LogP contribution in [0.3, 0.4) is 0 Å². The number of likely N-dealkylation sites (N-methyl/N-ethyl adjacent to an activating group) is 1. The minimum Gasteiger partial charge on any atom is -0.315 e. The molecule has 1 saturated heterocycles. The lowest BCUT2D eigenvalue weighted by molar-refractivity contribution is 0.280. The maximum absolute atomic E-state index is 6.73. The lowest BCUT2D eigenvalue weighted by Crippen LogP contribution is -2.30. The largest absolute Gasteiger partial charge is 0.315 e. The molecule has 0 amide bonds. The van der Waals surface area contributed by atoms with Crippen LogP contribution in [-0.2, 0) is 0 Å². The first-order valence-electron chi connectivity index (χ1n) is 3.95. The van der Waals surface area contributed by atoms with E-state index in [1.165, 1.54) is 19.4 Å². The van der Waals surface area contributed by atoms with Gasteiger partial charge in [0.1, 0.15) is 0 Å². The van der Waals surface area contributed by atoms with E-state index in [2.05, 4.69) is 16.7 Å². The number of hydrogen-bond acceptors (Lipinski definition) is 1. The van der Waals surface area contributed by atoms with Crippen LogP contribution in [-0.4, -0.2) is 30.6 Å². The van der Waals surface area contributed by atoms with Crippen LogP contribution in [0.4, 0.5) is 0 Å². The molecule has 1 atom stereocenters. The summed E-state index contributed by atoms with van der Waals surface area (Å²) >= 11 is 0. The van der Waals surface area contributed by atoms with Gasteiger partial charge in [0.25, 0.3) is 0 Å². The van der Waals surface area contributed by atoms with Crippen molar-refractivity contribution in [3.8, 4) is 0 Å². The molecule has 56 valence electrons. The van der Waals surface area contributed by atoms with Crippen molar-refractivity contribution >= 4 is 0 Å². The molecule has 0 N–H and O–H groups in total. The molecule has 2 heteroatoms. The summed E-state index contributed by atoms with van der Waals surface area (Å²) in [6.45, 7) is 11.9. The van der Waals surface area contributed by atoms with Gasteiger partial charge in [0, 0.05) is 0 Å². The van der Waals surface area contributed by atoms with Crippen molar-refractivity contribution in [3.63, 3.8) is 0 Å². The molecule has 0 spiro atoms. The fraction of sp³-hybridized carbons (Fsp3) is 0.875. The van der Waals surface area contributed by atoms with Crippen molar-refractivity contribution in [3.05, 3.63) is 11.4 Å². The maximum atomic E-state index is 6.73. The van der Waals surface area contributed by atoms with Gasteiger partial charge >= 0.3 is 0 Å². The lowest BCUT2D eigenvalue weighted by atomic mass is 10.2. The van der Waals surface area contributed by atoms with Gasteiger partial charge in [-0.3, -0.25) is 4.90 Å². The van der Waals surface area contributed by atoms with Gasteiger partial charge < -0.3 is 4.85 Å². The van der Waals surface area contributed by atoms with E-state index in [1.807, 2.05) is 0 Å². The summed E-state index contributed by atoms with van der Waals surface area (Å²) in [6.07, 6.45) is 2.52. The van der Waals surface area contributed by atoms with Gasteiger partial charge in [0.05, 0.1) is 6.04 Å². The number of nitrogens with zero attached hydrogens (tertiary/aromatic N) is 2. The highest BCUT2D eigenvalue weighted by Gasteiger charge is 2.24. The second kappa shape index (κ2) is 3.58. The molecule has 1 unspecified atom stereocenters. The molecule has 0 aliphatic carbocycles. The predicted octanol–water partition coefficient (Wildman–Crippen LogP) is 1.39. The third-order valence-electron chi connectivity index (χ3n) is 2.21. The molecule has 0 saturated carbocycles. The van der Waals surface area contributed by atoms with E-state index >= 15 is 0 Å². The van der Waals surface area contributed by atoms with E-state index in [-0.39, 0.29) is 0 Å². The average Bonchev–Trinajstić information content (AvgIpc) is 2.36. The Labute approximate surface area is 62.7 Å². The van der Waals surface area contributed by atoms with Crippen LogP contribution in [0, 0.1) is 6.57 Å². The zero-order chi connectivity index (χ0) is 7.40. The molecular weight excluding hydrogens is 124 g/mol. The van der Waals surface area contributed by atoms with Gasteiger partial charge in [-0.25, -0.2) is 6.57 Å². The van der Waals surface area contributed by atoms with E-state index < -0.39 is 0 Å². The summed E-state index contributed by atoms with van der Waals surface area (Å²) in [5, 5.41) is 0. The topological polar surface area (TPSA) is 7.60 Å². The average molecular weight is 138 g/mol. The van der Waals surface area contributed by atoms with Crippen molar-refractivity contribution in [1.82, 2.24) is 4.90 Å². The first kappa shape index (κ1) is 7.56. The minimum atomic E-state index is 0.572. The molecule has 0 aromatic rings. The molecular formula is C8H14N2. The number of rotatable bonds is 2. The van der Waals surface area contributed by atoms with E-state index in [9.17, 15) is 0 Å². The second-order valence-corrected chi connectivity index (χ2v) is 2.77. The molecule has 0 aromatic carbocycles. The third kappa shape index (κ3) is 1.48. The first-order valence-corrected chi connectivity index (χ1v) is 3.95. The Morgan fingerprint density at radius 2 is 2.50 bits per heavy atom. The summed E-state index contributed by atoms with van der Waals surface area (Å²) < 4.78 is 0. The Kier molecular flexibility index (Phi) is 2.70. The molecule has 2 nitrogen and oxygen atoms in total. The fourth-order valence-electron chi connectivity index (χ4n) is 1.62. The van der Waals surface area contributed by atoms with Gasteiger partial charge in [-0.2, -0.15) is 0 Å². The SMILES string of the molecule is [C-]#[N+]CC1CCCN1CC. The van der Waals surface area contributed by atoms with Crippen molar-refractivity contribution in [2.45, 2.75) is 25.8 Å². The van der Waals surface area contributed by atoms with E-state index in [1.54, 1.807) is 0 Å². The van der Waals surface area contributed by atoms with Crippen LogP contribution >= 0.6 is 0 Å². The number of hydrogen-bond donors (Lipinski definition) is 0. The summed E-state index contributed by atoms with van der Waals surface area (Å²) in [4.78, 5) is 5.83. The van der Waals surface area contributed by atoms with Crippen LogP contribution < -0.4 is 0 Å². The summed E-state index contributed by atoms with van der Waals surface area (Å²) in [7, 11) is 0. The number of likely N-dealkylation sites (tertiary alicyclic amines) is 1. The van der Waals surface area contributed by atoms with Gasteiger partial charge in [-0.05, 0) is 25.9 Å². The molecule has 0 bridgehead atoms. The Morgan fingerprint density at radius 3 is 3.10 bits per heavy atom. The molecule has 0 aromatic heterocycles. The Bertz CT molecular complexity index is 137. The molecule has 1 fully saturated rings. The van der Waals surface area contributed by atoms with Gasteiger partial charge in [-0.1, -0.05) is 6.92 Å². The molecule has 0 radical (unpaired) electrons. The van der Waals surface area contributed by atoms with Crippen LogP contribution in [0.2, 0.25) is 0 Å². The third-order valence-corrected chi connectivity index (χ3v) is 2.21. The second-order valence-electron chi connectivity index (χ2n) is 2.77. The molecule has 1 aliphatic rings. The Morgan fingerprint density at radius 1 is 1.70 bits per heavy atom. The van der Waals surface area contributed by atoms with Crippen LogP contribution in [0.15, 0.2) is 0 Å². The molecule has 1 heterocycles. The standard InChI is InChI=1S/C8H14N2/c1-3-10-6-4-5-8(10)7-9-2/h8H,3-7H2,1H3. The Balaban J connectivity index is 2.36. The zero-order valence-corrected chi connectivity index (χ0v) is 6.51. The van der Waals surface area contributed by atoms with Crippen molar-refractivity contribution in [2.75, 3.05) is 19.6 Å². The zero-order valence-electron chi connectivity index (χ0n) is 6.51. The van der Waals surface area contributed by atoms with E-state index in [0.717, 1.165) is 6.54 Å². The maximum Gasteiger partial charge on any atom is 0.229 e. The molecule has 1 rings (SSSR count). The van der Waals surface area contributed by atoms with Crippen molar-refractivity contribution in [1.29, 1.82) is 0 Å². The van der Waals surface area contributed by atoms with Gasteiger partial charge in [-0.15, -0.1) is 0 Å².